The van der Waals surface area contributed by atoms with Gasteiger partial charge >= 0.3 is 6.09 Å². The van der Waals surface area contributed by atoms with Gasteiger partial charge in [0.2, 0.25) is 11.6 Å². The number of amides is 3. The van der Waals surface area contributed by atoms with Crippen LogP contribution in [0.2, 0.25) is 0 Å². The van der Waals surface area contributed by atoms with Crippen molar-refractivity contribution in [3.8, 4) is 0 Å². The average Bonchev–Trinajstić information content (AvgIpc) is 3.16. The van der Waals surface area contributed by atoms with Gasteiger partial charge in [-0.2, -0.15) is 0 Å². The zero-order valence-corrected chi connectivity index (χ0v) is 13.8. The number of alkyl carbamates (subject to hydrolysis) is 1. The highest BCUT2D eigenvalue weighted by Gasteiger charge is 2.41. The molecule has 3 rings (SSSR count). The van der Waals surface area contributed by atoms with Crippen LogP contribution in [-0.2, 0) is 20.7 Å². The fraction of sp³-hybridized carbons (Fsp3) is 0.438. The molecule has 1 fully saturated rings. The number of aliphatic hydroxyl groups excluding tert-OH is 1. The van der Waals surface area contributed by atoms with Crippen LogP contribution in [0.3, 0.4) is 0 Å². The van der Waals surface area contributed by atoms with Crippen LogP contribution in [0.5, 0.6) is 0 Å². The molecule has 0 saturated carbocycles. The second kappa shape index (κ2) is 6.60. The number of fused-ring (bicyclic) bond motifs is 1. The van der Waals surface area contributed by atoms with Crippen molar-refractivity contribution in [2.75, 3.05) is 36.5 Å². The lowest BCUT2D eigenvalue weighted by atomic mass is 10.1. The molecule has 25 heavy (non-hydrogen) atoms. The van der Waals surface area contributed by atoms with Gasteiger partial charge in [0.05, 0.1) is 13.1 Å². The van der Waals surface area contributed by atoms with Crippen LogP contribution < -0.4 is 20.9 Å². The molecule has 1 aromatic rings. The van der Waals surface area contributed by atoms with Crippen molar-refractivity contribution in [1.29, 1.82) is 0 Å². The van der Waals surface area contributed by atoms with E-state index in [1.54, 1.807) is 17.0 Å². The third-order valence-corrected chi connectivity index (χ3v) is 4.21. The van der Waals surface area contributed by atoms with Crippen LogP contribution in [0.25, 0.3) is 0 Å². The number of nitrogens with one attached hydrogen (secondary N) is 3. The summed E-state index contributed by atoms with van der Waals surface area (Å²) in [4.78, 5) is 36.0. The zero-order chi connectivity index (χ0) is 18.0. The van der Waals surface area contributed by atoms with Crippen LogP contribution >= 0.6 is 0 Å². The maximum Gasteiger partial charge on any atom is 0.409 e. The first-order valence-electron chi connectivity index (χ1n) is 7.96. The number of ether oxygens (including phenoxy) is 1. The Balaban J connectivity index is 1.79. The van der Waals surface area contributed by atoms with E-state index in [-0.39, 0.29) is 24.9 Å². The molecule has 2 aliphatic heterocycles. The first kappa shape index (κ1) is 17.0. The van der Waals surface area contributed by atoms with Crippen LogP contribution in [0.1, 0.15) is 12.5 Å². The number of benzene rings is 1. The average molecular weight is 348 g/mol. The molecule has 0 unspecified atom stereocenters. The first-order chi connectivity index (χ1) is 11.9. The first-order valence-corrected chi connectivity index (χ1v) is 7.96. The van der Waals surface area contributed by atoms with Gasteiger partial charge in [0.15, 0.2) is 0 Å². The molecule has 1 aromatic carbocycles. The van der Waals surface area contributed by atoms with Crippen molar-refractivity contribution in [3.63, 3.8) is 0 Å². The van der Waals surface area contributed by atoms with Gasteiger partial charge in [-0.25, -0.2) is 4.79 Å². The molecule has 0 radical (unpaired) electrons. The number of carbonyl (C=O) groups excluding carboxylic acids is 3. The Hall–Kier alpha value is -2.81. The SMILES string of the molecule is CC(=O)NC[C@@]1(Nc2ccc3c(c2)CCN3C(=O)CO)CNC(=O)O1. The van der Waals surface area contributed by atoms with Gasteiger partial charge in [-0.05, 0) is 30.2 Å². The Morgan fingerprint density at radius 2 is 2.24 bits per heavy atom. The fourth-order valence-electron chi connectivity index (χ4n) is 3.03. The summed E-state index contributed by atoms with van der Waals surface area (Å²) >= 11 is 0. The van der Waals surface area contributed by atoms with Gasteiger partial charge in [-0.1, -0.05) is 0 Å². The van der Waals surface area contributed by atoms with Crippen LogP contribution in [0.4, 0.5) is 16.2 Å². The summed E-state index contributed by atoms with van der Waals surface area (Å²) in [5, 5.41) is 17.4. The highest BCUT2D eigenvalue weighted by Crippen LogP contribution is 2.32. The number of anilines is 2. The fourth-order valence-corrected chi connectivity index (χ4v) is 3.03. The lowest BCUT2D eigenvalue weighted by Gasteiger charge is -2.29. The molecule has 2 aliphatic rings. The van der Waals surface area contributed by atoms with Crippen LogP contribution in [-0.4, -0.2) is 55.0 Å². The van der Waals surface area contributed by atoms with Crippen molar-refractivity contribution >= 4 is 29.3 Å². The van der Waals surface area contributed by atoms with E-state index in [4.69, 9.17) is 9.84 Å². The summed E-state index contributed by atoms with van der Waals surface area (Å²) < 4.78 is 5.33. The van der Waals surface area contributed by atoms with E-state index in [0.717, 1.165) is 11.3 Å². The standard InChI is InChI=1S/C16H20N4O5/c1-10(22)17-8-16(9-18-15(24)25-16)19-12-2-3-13-11(6-12)4-5-20(13)14(23)7-21/h2-3,6,19,21H,4-5,7-9H2,1H3,(H,17,22)(H,18,24)/t16-/m0/s1. The molecule has 1 atom stereocenters. The van der Waals surface area contributed by atoms with E-state index < -0.39 is 18.4 Å². The minimum absolute atomic E-state index is 0.118. The molecule has 3 amide bonds. The number of rotatable bonds is 5. The Morgan fingerprint density at radius 3 is 2.88 bits per heavy atom. The molecule has 0 aliphatic carbocycles. The normalized spacial score (nSPS) is 21.4. The summed E-state index contributed by atoms with van der Waals surface area (Å²) in [7, 11) is 0. The molecule has 4 N–H and O–H groups in total. The molecule has 0 aromatic heterocycles. The van der Waals surface area contributed by atoms with Gasteiger partial charge in [-0.3, -0.25) is 9.59 Å². The zero-order valence-electron chi connectivity index (χ0n) is 13.8. The lowest BCUT2D eigenvalue weighted by Crippen LogP contribution is -2.51. The molecule has 2 heterocycles. The molecular weight excluding hydrogens is 328 g/mol. The number of cyclic esters (lactones) is 1. The Labute approximate surface area is 144 Å². The van der Waals surface area contributed by atoms with Gasteiger partial charge in [0.1, 0.15) is 6.61 Å². The van der Waals surface area contributed by atoms with Crippen molar-refractivity contribution < 1.29 is 24.2 Å². The molecule has 0 spiro atoms. The van der Waals surface area contributed by atoms with Crippen LogP contribution in [0.15, 0.2) is 18.2 Å². The number of aliphatic hydroxyl groups is 1. The molecular formula is C16H20N4O5. The third-order valence-electron chi connectivity index (χ3n) is 4.21. The number of carbonyl (C=O) groups is 3. The van der Waals surface area contributed by atoms with Crippen molar-refractivity contribution in [2.24, 2.45) is 0 Å². The number of hydrogen-bond donors (Lipinski definition) is 4. The number of hydrogen-bond acceptors (Lipinski definition) is 6. The maximum absolute atomic E-state index is 11.7. The van der Waals surface area contributed by atoms with Crippen molar-refractivity contribution in [1.82, 2.24) is 10.6 Å². The van der Waals surface area contributed by atoms with Gasteiger partial charge < -0.3 is 30.7 Å². The largest absolute Gasteiger partial charge is 0.419 e. The molecule has 1 saturated heterocycles. The molecule has 9 nitrogen and oxygen atoms in total. The summed E-state index contributed by atoms with van der Waals surface area (Å²) in [5.74, 6) is -0.563. The summed E-state index contributed by atoms with van der Waals surface area (Å²) in [6.45, 7) is 1.71. The molecule has 134 valence electrons. The van der Waals surface area contributed by atoms with Crippen LogP contribution in [0, 0.1) is 0 Å². The second-order valence-corrected chi connectivity index (χ2v) is 6.07. The highest BCUT2D eigenvalue weighted by atomic mass is 16.6. The summed E-state index contributed by atoms with van der Waals surface area (Å²) in [6.07, 6.45) is 0.117. The Bertz CT molecular complexity index is 722. The van der Waals surface area contributed by atoms with E-state index in [1.807, 2.05) is 6.07 Å². The van der Waals surface area contributed by atoms with Gasteiger partial charge in [0, 0.05) is 24.8 Å². The van der Waals surface area contributed by atoms with Gasteiger partial charge in [0.25, 0.3) is 5.91 Å². The smallest absolute Gasteiger partial charge is 0.409 e. The minimum atomic E-state index is -1.07. The monoisotopic (exact) mass is 348 g/mol. The maximum atomic E-state index is 11.7. The van der Waals surface area contributed by atoms with E-state index in [1.165, 1.54) is 6.92 Å². The lowest BCUT2D eigenvalue weighted by molar-refractivity contribution is -0.121. The van der Waals surface area contributed by atoms with Crippen molar-refractivity contribution in [2.45, 2.75) is 19.1 Å². The molecule has 9 heteroatoms. The van der Waals surface area contributed by atoms with Gasteiger partial charge in [-0.15, -0.1) is 0 Å². The second-order valence-electron chi connectivity index (χ2n) is 6.07. The van der Waals surface area contributed by atoms with E-state index in [0.29, 0.717) is 18.7 Å². The molecule has 0 bridgehead atoms. The summed E-state index contributed by atoms with van der Waals surface area (Å²) in [6, 6.07) is 5.43. The van der Waals surface area contributed by atoms with E-state index in [2.05, 4.69) is 16.0 Å². The third kappa shape index (κ3) is 3.50. The van der Waals surface area contributed by atoms with E-state index >= 15 is 0 Å². The predicted molar refractivity (Wildman–Crippen MR) is 89.1 cm³/mol. The quantitative estimate of drug-likeness (QED) is 0.572. The number of nitrogens with zero attached hydrogens (tertiary/aromatic N) is 1. The Kier molecular flexibility index (Phi) is 4.49. The topological polar surface area (TPSA) is 120 Å². The van der Waals surface area contributed by atoms with E-state index in [9.17, 15) is 14.4 Å². The Morgan fingerprint density at radius 1 is 1.44 bits per heavy atom. The van der Waals surface area contributed by atoms with Crippen molar-refractivity contribution in [3.05, 3.63) is 23.8 Å². The highest BCUT2D eigenvalue weighted by molar-refractivity contribution is 5.96. The summed E-state index contributed by atoms with van der Waals surface area (Å²) in [5.41, 5.74) is 1.36. The minimum Gasteiger partial charge on any atom is -0.419 e. The predicted octanol–water partition coefficient (Wildman–Crippen LogP) is -0.448.